The van der Waals surface area contributed by atoms with E-state index in [1.165, 1.54) is 6.20 Å². The lowest BCUT2D eigenvalue weighted by molar-refractivity contribution is -0.120. The van der Waals surface area contributed by atoms with Crippen molar-refractivity contribution in [3.05, 3.63) is 6.20 Å². The minimum atomic E-state index is -0.889. The lowest BCUT2D eigenvalue weighted by atomic mass is 10.2. The maximum Gasteiger partial charge on any atom is 0.298 e. The Hall–Kier alpha value is -2.57. The lowest BCUT2D eigenvalue weighted by Crippen LogP contribution is -1.86. The highest BCUT2D eigenvalue weighted by Crippen LogP contribution is 2.50. The molecule has 0 radical (unpaired) electrons. The standard InChI is InChI=1S/C9H7NO6/c11-2-16-3-1-10-5-4(3)6(12)8(14)9(15)7(5)13/h1-2,10,12-15H. The van der Waals surface area contributed by atoms with Gasteiger partial charge >= 0.3 is 0 Å². The van der Waals surface area contributed by atoms with E-state index in [9.17, 15) is 25.2 Å². The Morgan fingerprint density at radius 2 is 1.69 bits per heavy atom. The molecule has 1 heterocycles. The Kier molecular flexibility index (Phi) is 2.01. The largest absolute Gasteiger partial charge is 0.504 e. The van der Waals surface area contributed by atoms with Crippen LogP contribution in [0.3, 0.4) is 0 Å². The van der Waals surface area contributed by atoms with Gasteiger partial charge in [-0.1, -0.05) is 0 Å². The fourth-order valence-corrected chi connectivity index (χ4v) is 1.43. The monoisotopic (exact) mass is 225 g/mol. The number of H-pyrrole nitrogens is 1. The number of aromatic nitrogens is 1. The van der Waals surface area contributed by atoms with Gasteiger partial charge in [-0.15, -0.1) is 0 Å². The SMILES string of the molecule is O=COc1c[nH]c2c(O)c(O)c(O)c(O)c12. The lowest BCUT2D eigenvalue weighted by Gasteiger charge is -2.05. The molecule has 0 saturated heterocycles. The van der Waals surface area contributed by atoms with Crippen LogP contribution in [0.4, 0.5) is 0 Å². The molecule has 1 aromatic carbocycles. The van der Waals surface area contributed by atoms with Crippen LogP contribution >= 0.6 is 0 Å². The van der Waals surface area contributed by atoms with E-state index in [-0.39, 0.29) is 23.1 Å². The topological polar surface area (TPSA) is 123 Å². The molecular formula is C9H7NO6. The highest BCUT2D eigenvalue weighted by atomic mass is 16.5. The molecule has 2 aromatic rings. The minimum Gasteiger partial charge on any atom is -0.504 e. The zero-order chi connectivity index (χ0) is 11.9. The van der Waals surface area contributed by atoms with Crippen molar-refractivity contribution in [3.8, 4) is 28.7 Å². The number of hydrogen-bond acceptors (Lipinski definition) is 6. The number of carbonyl (C=O) groups excluding carboxylic acids is 1. The van der Waals surface area contributed by atoms with Gasteiger partial charge in [0.25, 0.3) is 6.47 Å². The van der Waals surface area contributed by atoms with Crippen molar-refractivity contribution in [1.29, 1.82) is 0 Å². The maximum absolute atomic E-state index is 10.2. The first-order valence-electron chi connectivity index (χ1n) is 4.15. The fraction of sp³-hybridized carbons (Fsp3) is 0. The minimum absolute atomic E-state index is 0.0512. The molecule has 16 heavy (non-hydrogen) atoms. The molecule has 7 heteroatoms. The zero-order valence-corrected chi connectivity index (χ0v) is 7.76. The molecular weight excluding hydrogens is 218 g/mol. The third-order valence-electron chi connectivity index (χ3n) is 2.17. The van der Waals surface area contributed by atoms with Crippen LogP contribution in [0.15, 0.2) is 6.20 Å². The molecule has 0 aliphatic carbocycles. The van der Waals surface area contributed by atoms with Crippen molar-refractivity contribution in [2.24, 2.45) is 0 Å². The summed E-state index contributed by atoms with van der Waals surface area (Å²) >= 11 is 0. The first kappa shape index (κ1) is 9.97. The van der Waals surface area contributed by atoms with Gasteiger partial charge in [0.05, 0.1) is 10.9 Å². The molecule has 0 aliphatic rings. The predicted octanol–water partition coefficient (Wildman–Crippen LogP) is 0.525. The molecule has 2 rings (SSSR count). The number of ether oxygens (including phenoxy) is 1. The summed E-state index contributed by atoms with van der Waals surface area (Å²) in [5.74, 6) is -3.16. The Morgan fingerprint density at radius 1 is 1.06 bits per heavy atom. The van der Waals surface area contributed by atoms with Crippen LogP contribution in [-0.2, 0) is 4.79 Å². The van der Waals surface area contributed by atoms with E-state index < -0.39 is 23.0 Å². The number of hydrogen-bond donors (Lipinski definition) is 5. The summed E-state index contributed by atoms with van der Waals surface area (Å²) in [5.41, 5.74) is -0.0512. The Labute approximate surface area is 88.1 Å². The fourth-order valence-electron chi connectivity index (χ4n) is 1.43. The number of phenols is 4. The molecule has 1 aromatic heterocycles. The summed E-state index contributed by atoms with van der Waals surface area (Å²) in [6, 6.07) is 0. The first-order valence-corrected chi connectivity index (χ1v) is 4.15. The maximum atomic E-state index is 10.2. The number of phenolic OH excluding ortho intramolecular Hbond substituents is 4. The Morgan fingerprint density at radius 3 is 2.31 bits per heavy atom. The Bertz CT molecular complexity index is 573. The van der Waals surface area contributed by atoms with E-state index in [0.29, 0.717) is 0 Å². The van der Waals surface area contributed by atoms with Gasteiger partial charge in [0.15, 0.2) is 17.2 Å². The normalized spacial score (nSPS) is 10.5. The van der Waals surface area contributed by atoms with E-state index in [1.807, 2.05) is 0 Å². The molecule has 0 saturated carbocycles. The summed E-state index contributed by atoms with van der Waals surface area (Å²) in [4.78, 5) is 12.7. The average Bonchev–Trinajstić information content (AvgIpc) is 2.68. The van der Waals surface area contributed by atoms with Crippen LogP contribution in [0.1, 0.15) is 0 Å². The molecule has 0 amide bonds. The van der Waals surface area contributed by atoms with Gasteiger partial charge in [-0.3, -0.25) is 4.79 Å². The number of aromatic hydroxyl groups is 4. The van der Waals surface area contributed by atoms with Crippen molar-refractivity contribution in [3.63, 3.8) is 0 Å². The average molecular weight is 225 g/mol. The van der Waals surface area contributed by atoms with Gasteiger partial charge in [0.2, 0.25) is 11.5 Å². The van der Waals surface area contributed by atoms with Crippen molar-refractivity contribution in [2.75, 3.05) is 0 Å². The first-order chi connectivity index (χ1) is 7.57. The smallest absolute Gasteiger partial charge is 0.298 e. The molecule has 0 bridgehead atoms. The summed E-state index contributed by atoms with van der Waals surface area (Å²) < 4.78 is 4.51. The third-order valence-corrected chi connectivity index (χ3v) is 2.17. The van der Waals surface area contributed by atoms with E-state index in [0.717, 1.165) is 0 Å². The van der Waals surface area contributed by atoms with Gasteiger partial charge in [-0.25, -0.2) is 0 Å². The number of benzene rings is 1. The molecule has 7 nitrogen and oxygen atoms in total. The van der Waals surface area contributed by atoms with Crippen molar-refractivity contribution in [1.82, 2.24) is 4.98 Å². The zero-order valence-electron chi connectivity index (χ0n) is 7.76. The summed E-state index contributed by atoms with van der Waals surface area (Å²) in [7, 11) is 0. The van der Waals surface area contributed by atoms with Crippen LogP contribution in [0.5, 0.6) is 28.7 Å². The van der Waals surface area contributed by atoms with Crippen molar-refractivity contribution >= 4 is 17.4 Å². The second-order valence-corrected chi connectivity index (χ2v) is 3.01. The summed E-state index contributed by atoms with van der Waals surface area (Å²) in [6.07, 6.45) is 1.19. The molecule has 0 aliphatic heterocycles. The molecule has 84 valence electrons. The second kappa shape index (κ2) is 3.23. The van der Waals surface area contributed by atoms with Crippen LogP contribution in [-0.4, -0.2) is 31.9 Å². The number of aromatic amines is 1. The number of nitrogens with one attached hydrogen (secondary N) is 1. The van der Waals surface area contributed by atoms with Gasteiger partial charge in [-0.2, -0.15) is 0 Å². The second-order valence-electron chi connectivity index (χ2n) is 3.01. The van der Waals surface area contributed by atoms with E-state index in [4.69, 9.17) is 0 Å². The Balaban J connectivity index is 2.88. The molecule has 0 atom stereocenters. The number of fused-ring (bicyclic) bond motifs is 1. The van der Waals surface area contributed by atoms with Gasteiger partial charge in [0.1, 0.15) is 0 Å². The van der Waals surface area contributed by atoms with Gasteiger partial charge in [0, 0.05) is 6.20 Å². The third kappa shape index (κ3) is 1.11. The number of carbonyl (C=O) groups is 1. The van der Waals surface area contributed by atoms with Crippen LogP contribution in [0.2, 0.25) is 0 Å². The van der Waals surface area contributed by atoms with E-state index >= 15 is 0 Å². The predicted molar refractivity (Wildman–Crippen MR) is 51.6 cm³/mol. The van der Waals surface area contributed by atoms with E-state index in [2.05, 4.69) is 9.72 Å². The molecule has 0 fully saturated rings. The van der Waals surface area contributed by atoms with Crippen LogP contribution < -0.4 is 4.74 Å². The molecule has 0 spiro atoms. The van der Waals surface area contributed by atoms with Crippen molar-refractivity contribution < 1.29 is 30.0 Å². The highest BCUT2D eigenvalue weighted by Gasteiger charge is 2.22. The van der Waals surface area contributed by atoms with E-state index in [1.54, 1.807) is 0 Å². The summed E-state index contributed by atoms with van der Waals surface area (Å²) in [6.45, 7) is 0.128. The van der Waals surface area contributed by atoms with Crippen molar-refractivity contribution in [2.45, 2.75) is 0 Å². The van der Waals surface area contributed by atoms with Crippen LogP contribution in [0.25, 0.3) is 10.9 Å². The highest BCUT2D eigenvalue weighted by molar-refractivity contribution is 6.00. The van der Waals surface area contributed by atoms with Gasteiger partial charge in [-0.05, 0) is 0 Å². The molecule has 0 unspecified atom stereocenters. The number of rotatable bonds is 2. The quantitative estimate of drug-likeness (QED) is 0.288. The van der Waals surface area contributed by atoms with Crippen LogP contribution in [0, 0.1) is 0 Å². The molecule has 5 N–H and O–H groups in total. The van der Waals surface area contributed by atoms with Gasteiger partial charge < -0.3 is 30.1 Å². The summed E-state index contributed by atoms with van der Waals surface area (Å²) in [5, 5.41) is 37.4.